The predicted molar refractivity (Wildman–Crippen MR) is 87.1 cm³/mol. The van der Waals surface area contributed by atoms with Crippen molar-refractivity contribution in [3.63, 3.8) is 0 Å². The van der Waals surface area contributed by atoms with Gasteiger partial charge >= 0.3 is 0 Å². The molecule has 0 atom stereocenters. The summed E-state index contributed by atoms with van der Waals surface area (Å²) >= 11 is 0. The summed E-state index contributed by atoms with van der Waals surface area (Å²) in [5.74, 6) is 0.749. The standard InChI is InChI=1S/C17H33N3O/c18-10-6-11-19-12-7-13-20(15-14-19)17(21)16-8-4-2-1-3-5-9-16/h16H,1-15,18H2. The summed E-state index contributed by atoms with van der Waals surface area (Å²) in [6, 6.07) is 0. The molecule has 4 heteroatoms. The molecule has 4 nitrogen and oxygen atoms in total. The van der Waals surface area contributed by atoms with Crippen LogP contribution in [0.25, 0.3) is 0 Å². The van der Waals surface area contributed by atoms with Crippen LogP contribution in [0.1, 0.15) is 57.8 Å². The molecule has 1 aliphatic heterocycles. The molecule has 1 amide bonds. The summed E-state index contributed by atoms with van der Waals surface area (Å²) in [6.45, 7) is 5.87. The van der Waals surface area contributed by atoms with E-state index in [0.29, 0.717) is 11.8 Å². The van der Waals surface area contributed by atoms with Crippen molar-refractivity contribution in [2.24, 2.45) is 11.7 Å². The minimum absolute atomic E-state index is 0.306. The van der Waals surface area contributed by atoms with Gasteiger partial charge < -0.3 is 15.5 Å². The first kappa shape index (κ1) is 16.8. The molecule has 1 heterocycles. The SMILES string of the molecule is NCCCN1CCCN(C(=O)C2CCCCCCC2)CC1. The lowest BCUT2D eigenvalue weighted by Gasteiger charge is -2.27. The fourth-order valence-electron chi connectivity index (χ4n) is 3.69. The molecule has 0 aromatic heterocycles. The highest BCUT2D eigenvalue weighted by molar-refractivity contribution is 5.78. The Morgan fingerprint density at radius 3 is 2.33 bits per heavy atom. The smallest absolute Gasteiger partial charge is 0.225 e. The number of hydrogen-bond acceptors (Lipinski definition) is 3. The van der Waals surface area contributed by atoms with Gasteiger partial charge in [0.1, 0.15) is 0 Å². The zero-order valence-electron chi connectivity index (χ0n) is 13.6. The van der Waals surface area contributed by atoms with E-state index in [1.165, 1.54) is 32.1 Å². The van der Waals surface area contributed by atoms with Crippen LogP contribution in [0.2, 0.25) is 0 Å². The molecule has 1 aliphatic carbocycles. The maximum atomic E-state index is 12.8. The molecule has 0 spiro atoms. The third-order valence-corrected chi connectivity index (χ3v) is 5.03. The van der Waals surface area contributed by atoms with E-state index in [2.05, 4.69) is 9.80 Å². The number of nitrogens with two attached hydrogens (primary N) is 1. The monoisotopic (exact) mass is 295 g/mol. The Morgan fingerprint density at radius 2 is 1.62 bits per heavy atom. The maximum Gasteiger partial charge on any atom is 0.225 e. The molecule has 0 aromatic rings. The molecule has 0 aromatic carbocycles. The number of hydrogen-bond donors (Lipinski definition) is 1. The molecule has 1 saturated heterocycles. The topological polar surface area (TPSA) is 49.6 Å². The highest BCUT2D eigenvalue weighted by Gasteiger charge is 2.26. The summed E-state index contributed by atoms with van der Waals surface area (Å²) in [4.78, 5) is 17.4. The first-order valence-corrected chi connectivity index (χ1v) is 9.02. The van der Waals surface area contributed by atoms with Gasteiger partial charge in [-0.1, -0.05) is 32.1 Å². The lowest BCUT2D eigenvalue weighted by molar-refractivity contribution is -0.136. The van der Waals surface area contributed by atoms with E-state index in [-0.39, 0.29) is 0 Å². The molecular weight excluding hydrogens is 262 g/mol. The van der Waals surface area contributed by atoms with Gasteiger partial charge in [-0.15, -0.1) is 0 Å². The number of carbonyl (C=O) groups excluding carboxylic acids is 1. The second kappa shape index (κ2) is 9.42. The summed E-state index contributed by atoms with van der Waals surface area (Å²) < 4.78 is 0. The van der Waals surface area contributed by atoms with Gasteiger partial charge in [0.15, 0.2) is 0 Å². The molecular formula is C17H33N3O. The average molecular weight is 295 g/mol. The quantitative estimate of drug-likeness (QED) is 0.865. The number of nitrogens with zero attached hydrogens (tertiary/aromatic N) is 2. The molecule has 0 unspecified atom stereocenters. The number of rotatable bonds is 4. The molecule has 1 saturated carbocycles. The van der Waals surface area contributed by atoms with Crippen LogP contribution in [0.5, 0.6) is 0 Å². The fourth-order valence-corrected chi connectivity index (χ4v) is 3.69. The minimum atomic E-state index is 0.306. The molecule has 2 N–H and O–H groups in total. The van der Waals surface area contributed by atoms with Crippen LogP contribution in [-0.4, -0.2) is 55.0 Å². The van der Waals surface area contributed by atoms with E-state index >= 15 is 0 Å². The predicted octanol–water partition coefficient (Wildman–Crippen LogP) is 2.23. The molecule has 2 fully saturated rings. The van der Waals surface area contributed by atoms with Crippen LogP contribution in [0.15, 0.2) is 0 Å². The second-order valence-electron chi connectivity index (χ2n) is 6.70. The van der Waals surface area contributed by atoms with Gasteiger partial charge in [-0.3, -0.25) is 4.79 Å². The Balaban J connectivity index is 1.81. The molecule has 122 valence electrons. The van der Waals surface area contributed by atoms with Crippen LogP contribution >= 0.6 is 0 Å². The van der Waals surface area contributed by atoms with Crippen molar-refractivity contribution < 1.29 is 4.79 Å². The Morgan fingerprint density at radius 1 is 0.905 bits per heavy atom. The van der Waals surface area contributed by atoms with E-state index in [0.717, 1.165) is 65.0 Å². The van der Waals surface area contributed by atoms with E-state index in [9.17, 15) is 4.79 Å². The van der Waals surface area contributed by atoms with Gasteiger partial charge in [-0.25, -0.2) is 0 Å². The van der Waals surface area contributed by atoms with E-state index in [1.54, 1.807) is 0 Å². The Kier molecular flexibility index (Phi) is 7.51. The minimum Gasteiger partial charge on any atom is -0.341 e. The van der Waals surface area contributed by atoms with Crippen LogP contribution in [0, 0.1) is 5.92 Å². The van der Waals surface area contributed by atoms with Gasteiger partial charge in [-0.05, 0) is 45.3 Å². The van der Waals surface area contributed by atoms with Gasteiger partial charge in [0.05, 0.1) is 0 Å². The number of carbonyl (C=O) groups is 1. The van der Waals surface area contributed by atoms with Gasteiger partial charge in [0.2, 0.25) is 5.91 Å². The summed E-state index contributed by atoms with van der Waals surface area (Å²) in [5.41, 5.74) is 5.59. The summed E-state index contributed by atoms with van der Waals surface area (Å²) in [6.07, 6.45) is 10.9. The van der Waals surface area contributed by atoms with Crippen LogP contribution in [0.4, 0.5) is 0 Å². The number of amides is 1. The Hall–Kier alpha value is -0.610. The summed E-state index contributed by atoms with van der Waals surface area (Å²) in [7, 11) is 0. The zero-order chi connectivity index (χ0) is 14.9. The fraction of sp³-hybridized carbons (Fsp3) is 0.941. The van der Waals surface area contributed by atoms with Crippen molar-refractivity contribution in [3.8, 4) is 0 Å². The Bertz CT molecular complexity index is 300. The van der Waals surface area contributed by atoms with Gasteiger partial charge in [0, 0.05) is 25.6 Å². The third kappa shape index (κ3) is 5.59. The lowest BCUT2D eigenvalue weighted by Crippen LogP contribution is -2.39. The van der Waals surface area contributed by atoms with Gasteiger partial charge in [-0.2, -0.15) is 0 Å². The lowest BCUT2D eigenvalue weighted by atomic mass is 9.90. The average Bonchev–Trinajstić information content (AvgIpc) is 2.69. The maximum absolute atomic E-state index is 12.8. The van der Waals surface area contributed by atoms with Crippen LogP contribution < -0.4 is 5.73 Å². The van der Waals surface area contributed by atoms with Crippen molar-refractivity contribution in [3.05, 3.63) is 0 Å². The van der Waals surface area contributed by atoms with E-state index < -0.39 is 0 Å². The molecule has 21 heavy (non-hydrogen) atoms. The van der Waals surface area contributed by atoms with Crippen LogP contribution in [-0.2, 0) is 4.79 Å². The van der Waals surface area contributed by atoms with Crippen molar-refractivity contribution in [2.75, 3.05) is 39.3 Å². The first-order chi connectivity index (χ1) is 10.3. The zero-order valence-corrected chi connectivity index (χ0v) is 13.6. The molecule has 0 radical (unpaired) electrons. The van der Waals surface area contributed by atoms with Crippen LogP contribution in [0.3, 0.4) is 0 Å². The second-order valence-corrected chi connectivity index (χ2v) is 6.70. The normalized spacial score (nSPS) is 23.4. The molecule has 2 rings (SSSR count). The molecule has 2 aliphatic rings. The highest BCUT2D eigenvalue weighted by Crippen LogP contribution is 2.24. The highest BCUT2D eigenvalue weighted by atomic mass is 16.2. The van der Waals surface area contributed by atoms with Crippen molar-refractivity contribution >= 4 is 5.91 Å². The molecule has 0 bridgehead atoms. The van der Waals surface area contributed by atoms with E-state index in [1.807, 2.05) is 0 Å². The largest absolute Gasteiger partial charge is 0.341 e. The Labute approximate surface area is 130 Å². The first-order valence-electron chi connectivity index (χ1n) is 9.02. The van der Waals surface area contributed by atoms with Crippen molar-refractivity contribution in [2.45, 2.75) is 57.8 Å². The van der Waals surface area contributed by atoms with Crippen molar-refractivity contribution in [1.29, 1.82) is 0 Å². The van der Waals surface area contributed by atoms with Gasteiger partial charge in [0.25, 0.3) is 0 Å². The van der Waals surface area contributed by atoms with Crippen molar-refractivity contribution in [1.82, 2.24) is 9.80 Å². The summed E-state index contributed by atoms with van der Waals surface area (Å²) in [5, 5.41) is 0. The van der Waals surface area contributed by atoms with E-state index in [4.69, 9.17) is 5.73 Å². The third-order valence-electron chi connectivity index (χ3n) is 5.03.